The van der Waals surface area contributed by atoms with Gasteiger partial charge in [0.05, 0.1) is 18.9 Å². The summed E-state index contributed by atoms with van der Waals surface area (Å²) in [5.41, 5.74) is 5.04. The number of rotatable bonds is 10. The molecule has 5 rings (SSSR count). The highest BCUT2D eigenvalue weighted by molar-refractivity contribution is 7.13. The number of benzene rings is 4. The van der Waals surface area contributed by atoms with Gasteiger partial charge in [-0.05, 0) is 88.7 Å². The molecule has 7 heteroatoms. The van der Waals surface area contributed by atoms with Crippen molar-refractivity contribution < 1.29 is 14.3 Å². The van der Waals surface area contributed by atoms with E-state index in [-0.39, 0.29) is 5.91 Å². The van der Waals surface area contributed by atoms with E-state index in [0.717, 1.165) is 56.1 Å². The van der Waals surface area contributed by atoms with Gasteiger partial charge in [0.25, 0.3) is 5.91 Å². The fourth-order valence-corrected chi connectivity index (χ4v) is 4.96. The molecule has 0 saturated heterocycles. The molecule has 2 N–H and O–H groups in total. The Morgan fingerprint density at radius 1 is 0.737 bits per heavy atom. The van der Waals surface area contributed by atoms with Gasteiger partial charge in [0.15, 0.2) is 0 Å². The average Bonchev–Trinajstić information content (AvgIpc) is 3.39. The fourth-order valence-electron chi connectivity index (χ4n) is 4.23. The number of hydrogen-bond donors (Lipinski definition) is 2. The first-order valence-corrected chi connectivity index (χ1v) is 13.2. The number of aromatic nitrogens is 1. The van der Waals surface area contributed by atoms with E-state index in [9.17, 15) is 4.79 Å². The summed E-state index contributed by atoms with van der Waals surface area (Å²) in [6, 6.07) is 30.0. The van der Waals surface area contributed by atoms with Gasteiger partial charge in [-0.25, -0.2) is 0 Å². The first-order valence-electron chi connectivity index (χ1n) is 12.4. The third-order valence-electron chi connectivity index (χ3n) is 6.40. The molecule has 4 aromatic carbocycles. The molecule has 1 aromatic heterocycles. The van der Waals surface area contributed by atoms with Crippen LogP contribution in [0.15, 0.2) is 91.0 Å². The molecule has 0 unspecified atom stereocenters. The molecule has 192 valence electrons. The number of hydrogen-bond acceptors (Lipinski definition) is 6. The van der Waals surface area contributed by atoms with E-state index in [0.29, 0.717) is 18.7 Å². The molecule has 5 aromatic rings. The summed E-state index contributed by atoms with van der Waals surface area (Å²) in [5.74, 6) is 2.46. The van der Waals surface area contributed by atoms with E-state index in [1.54, 1.807) is 14.2 Å². The van der Waals surface area contributed by atoms with Gasteiger partial charge >= 0.3 is 0 Å². The standard InChI is InChI=1S/C31H29N3O3S/c1-36-26-13-8-22(9-14-26)21-4-6-24(7-5-21)31(35)33-19-3-18-32-30-28-20-25(12-17-29(28)38-34-30)23-10-15-27(37-2)16-11-23/h4-17,20H,3,18-19H2,1-2H3,(H,32,34)(H,33,35). The average molecular weight is 524 g/mol. The van der Waals surface area contributed by atoms with Crippen molar-refractivity contribution in [1.29, 1.82) is 0 Å². The van der Waals surface area contributed by atoms with Crippen molar-refractivity contribution in [2.75, 3.05) is 32.6 Å². The summed E-state index contributed by atoms with van der Waals surface area (Å²) < 4.78 is 16.2. The molecule has 0 saturated carbocycles. The molecular weight excluding hydrogens is 494 g/mol. The summed E-state index contributed by atoms with van der Waals surface area (Å²) in [5, 5.41) is 7.54. The van der Waals surface area contributed by atoms with Crippen molar-refractivity contribution in [2.24, 2.45) is 0 Å². The number of fused-ring (bicyclic) bond motifs is 1. The third kappa shape index (κ3) is 5.79. The highest BCUT2D eigenvalue weighted by Gasteiger charge is 2.09. The van der Waals surface area contributed by atoms with Crippen LogP contribution in [0.1, 0.15) is 16.8 Å². The van der Waals surface area contributed by atoms with Crippen molar-refractivity contribution >= 4 is 33.3 Å². The third-order valence-corrected chi connectivity index (χ3v) is 7.22. The zero-order valence-corrected chi connectivity index (χ0v) is 22.2. The molecule has 0 spiro atoms. The topological polar surface area (TPSA) is 72.5 Å². The smallest absolute Gasteiger partial charge is 0.251 e. The normalized spacial score (nSPS) is 10.8. The Balaban J connectivity index is 1.12. The van der Waals surface area contributed by atoms with Crippen LogP contribution < -0.4 is 20.1 Å². The lowest BCUT2D eigenvalue weighted by molar-refractivity contribution is 0.0953. The van der Waals surface area contributed by atoms with Crippen molar-refractivity contribution in [1.82, 2.24) is 9.69 Å². The van der Waals surface area contributed by atoms with Gasteiger partial charge in [0, 0.05) is 24.0 Å². The number of ether oxygens (including phenoxy) is 2. The van der Waals surface area contributed by atoms with Crippen LogP contribution in [0.2, 0.25) is 0 Å². The minimum absolute atomic E-state index is 0.0745. The van der Waals surface area contributed by atoms with E-state index in [4.69, 9.17) is 9.47 Å². The molecule has 38 heavy (non-hydrogen) atoms. The van der Waals surface area contributed by atoms with Gasteiger partial charge in [0.1, 0.15) is 17.3 Å². The molecule has 1 heterocycles. The van der Waals surface area contributed by atoms with Crippen LogP contribution in [0.4, 0.5) is 5.82 Å². The predicted octanol–water partition coefficient (Wildman–Crippen LogP) is 6.88. The van der Waals surface area contributed by atoms with E-state index in [1.807, 2.05) is 60.7 Å². The zero-order chi connectivity index (χ0) is 26.3. The fraction of sp³-hybridized carbons (Fsp3) is 0.161. The van der Waals surface area contributed by atoms with E-state index in [1.165, 1.54) is 11.5 Å². The minimum Gasteiger partial charge on any atom is -0.497 e. The second kappa shape index (κ2) is 11.8. The largest absolute Gasteiger partial charge is 0.497 e. The lowest BCUT2D eigenvalue weighted by Gasteiger charge is -2.08. The lowest BCUT2D eigenvalue weighted by Crippen LogP contribution is -2.25. The highest BCUT2D eigenvalue weighted by atomic mass is 32.1. The predicted molar refractivity (Wildman–Crippen MR) is 155 cm³/mol. The van der Waals surface area contributed by atoms with E-state index < -0.39 is 0 Å². The number of nitrogens with one attached hydrogen (secondary N) is 2. The molecule has 0 radical (unpaired) electrons. The highest BCUT2D eigenvalue weighted by Crippen LogP contribution is 2.32. The van der Waals surface area contributed by atoms with Gasteiger partial charge < -0.3 is 20.1 Å². The second-order valence-electron chi connectivity index (χ2n) is 8.81. The van der Waals surface area contributed by atoms with Gasteiger partial charge in [-0.3, -0.25) is 4.79 Å². The Morgan fingerprint density at radius 3 is 1.89 bits per heavy atom. The zero-order valence-electron chi connectivity index (χ0n) is 21.4. The lowest BCUT2D eigenvalue weighted by atomic mass is 10.0. The van der Waals surface area contributed by atoms with Gasteiger partial charge in [-0.15, -0.1) is 0 Å². The van der Waals surface area contributed by atoms with Crippen LogP contribution in [0.25, 0.3) is 32.3 Å². The maximum absolute atomic E-state index is 12.6. The number of nitrogens with zero attached hydrogens (tertiary/aromatic N) is 1. The molecule has 0 fully saturated rings. The Morgan fingerprint density at radius 2 is 1.29 bits per heavy atom. The monoisotopic (exact) mass is 523 g/mol. The number of carbonyl (C=O) groups is 1. The molecule has 0 aliphatic carbocycles. The number of methoxy groups -OCH3 is 2. The van der Waals surface area contributed by atoms with Gasteiger partial charge in [-0.1, -0.05) is 42.5 Å². The van der Waals surface area contributed by atoms with E-state index in [2.05, 4.69) is 45.3 Å². The molecule has 0 bridgehead atoms. The Hall–Kier alpha value is -4.36. The van der Waals surface area contributed by atoms with Crippen LogP contribution >= 0.6 is 11.5 Å². The maximum Gasteiger partial charge on any atom is 0.251 e. The van der Waals surface area contributed by atoms with Gasteiger partial charge in [-0.2, -0.15) is 4.37 Å². The van der Waals surface area contributed by atoms with Crippen LogP contribution in [-0.4, -0.2) is 37.6 Å². The van der Waals surface area contributed by atoms with Crippen molar-refractivity contribution in [3.63, 3.8) is 0 Å². The molecular formula is C31H29N3O3S. The quantitative estimate of drug-likeness (QED) is 0.195. The summed E-state index contributed by atoms with van der Waals surface area (Å²) in [6.07, 6.45) is 0.785. The van der Waals surface area contributed by atoms with Crippen LogP contribution in [0, 0.1) is 0 Å². The number of amides is 1. The maximum atomic E-state index is 12.6. The van der Waals surface area contributed by atoms with Crippen molar-refractivity contribution in [2.45, 2.75) is 6.42 Å². The van der Waals surface area contributed by atoms with E-state index >= 15 is 0 Å². The van der Waals surface area contributed by atoms with Crippen LogP contribution in [0.5, 0.6) is 11.5 Å². The Bertz CT molecular complexity index is 1510. The molecule has 0 atom stereocenters. The minimum atomic E-state index is -0.0745. The van der Waals surface area contributed by atoms with Crippen molar-refractivity contribution in [3.8, 4) is 33.8 Å². The first-order chi connectivity index (χ1) is 18.6. The van der Waals surface area contributed by atoms with Crippen molar-refractivity contribution in [3.05, 3.63) is 96.6 Å². The number of carbonyl (C=O) groups excluding carboxylic acids is 1. The molecule has 6 nitrogen and oxygen atoms in total. The van der Waals surface area contributed by atoms with Crippen LogP contribution in [0.3, 0.4) is 0 Å². The van der Waals surface area contributed by atoms with Gasteiger partial charge in [0.2, 0.25) is 0 Å². The first kappa shape index (κ1) is 25.3. The summed E-state index contributed by atoms with van der Waals surface area (Å²) in [6.45, 7) is 1.29. The van der Waals surface area contributed by atoms with Crippen LogP contribution in [-0.2, 0) is 0 Å². The summed E-state index contributed by atoms with van der Waals surface area (Å²) >= 11 is 1.48. The Labute approximate surface area is 226 Å². The Kier molecular flexibility index (Phi) is 7.85. The molecule has 1 amide bonds. The summed E-state index contributed by atoms with van der Waals surface area (Å²) in [4.78, 5) is 12.6. The molecule has 0 aliphatic rings. The SMILES string of the molecule is COc1ccc(-c2ccc(C(=O)NCCCNc3nsc4ccc(-c5ccc(OC)cc5)cc34)cc2)cc1. The number of anilines is 1. The second-order valence-corrected chi connectivity index (χ2v) is 9.62. The summed E-state index contributed by atoms with van der Waals surface area (Å²) in [7, 11) is 3.32. The molecule has 0 aliphatic heterocycles.